The van der Waals surface area contributed by atoms with Gasteiger partial charge in [-0.05, 0) is 49.4 Å². The van der Waals surface area contributed by atoms with Crippen LogP contribution in [0.5, 0.6) is 11.5 Å². The number of amides is 1. The zero-order valence-corrected chi connectivity index (χ0v) is 17.0. The SMILES string of the molecule is COc1ccc(OC)c(NC(=O)COC(=O)c2cc3c(s2)CCCCCC3)c1. The highest BCUT2D eigenvalue weighted by Gasteiger charge is 2.18. The van der Waals surface area contributed by atoms with Crippen molar-refractivity contribution in [2.45, 2.75) is 38.5 Å². The monoisotopic (exact) mass is 403 g/mol. The van der Waals surface area contributed by atoms with Gasteiger partial charge in [-0.1, -0.05) is 12.8 Å². The molecule has 1 aliphatic carbocycles. The lowest BCUT2D eigenvalue weighted by molar-refractivity contribution is -0.119. The summed E-state index contributed by atoms with van der Waals surface area (Å²) >= 11 is 1.49. The number of aryl methyl sites for hydroxylation is 2. The summed E-state index contributed by atoms with van der Waals surface area (Å²) in [6, 6.07) is 7.01. The molecule has 3 rings (SSSR count). The van der Waals surface area contributed by atoms with E-state index in [-0.39, 0.29) is 6.61 Å². The van der Waals surface area contributed by atoms with Crippen molar-refractivity contribution in [2.75, 3.05) is 26.1 Å². The van der Waals surface area contributed by atoms with Crippen molar-refractivity contribution in [2.24, 2.45) is 0 Å². The molecule has 150 valence electrons. The van der Waals surface area contributed by atoms with Crippen LogP contribution < -0.4 is 14.8 Å². The normalized spacial score (nSPS) is 13.6. The quantitative estimate of drug-likeness (QED) is 0.731. The number of nitrogens with one attached hydrogen (secondary N) is 1. The fourth-order valence-electron chi connectivity index (χ4n) is 3.25. The fourth-order valence-corrected chi connectivity index (χ4v) is 4.39. The minimum atomic E-state index is -0.454. The second-order valence-corrected chi connectivity index (χ2v) is 7.80. The second-order valence-electron chi connectivity index (χ2n) is 6.66. The zero-order chi connectivity index (χ0) is 19.9. The maximum Gasteiger partial charge on any atom is 0.348 e. The van der Waals surface area contributed by atoms with Crippen LogP contribution in [0, 0.1) is 0 Å². The Morgan fingerprint density at radius 1 is 1.04 bits per heavy atom. The topological polar surface area (TPSA) is 73.9 Å². The number of methoxy groups -OCH3 is 2. The Hall–Kier alpha value is -2.54. The summed E-state index contributed by atoms with van der Waals surface area (Å²) in [7, 11) is 3.06. The van der Waals surface area contributed by atoms with E-state index in [0.29, 0.717) is 22.1 Å². The molecule has 0 saturated heterocycles. The number of carbonyl (C=O) groups is 2. The molecular formula is C21H25NO5S. The Bertz CT molecular complexity index is 820. The third-order valence-corrected chi connectivity index (χ3v) is 5.93. The number of rotatable bonds is 6. The van der Waals surface area contributed by atoms with Crippen molar-refractivity contribution in [3.63, 3.8) is 0 Å². The number of carbonyl (C=O) groups excluding carboxylic acids is 2. The number of hydrogen-bond acceptors (Lipinski definition) is 6. The molecule has 0 spiro atoms. The van der Waals surface area contributed by atoms with Gasteiger partial charge in [-0.3, -0.25) is 4.79 Å². The summed E-state index contributed by atoms with van der Waals surface area (Å²) in [4.78, 5) is 26.4. The molecule has 0 bridgehead atoms. The van der Waals surface area contributed by atoms with Gasteiger partial charge >= 0.3 is 5.97 Å². The lowest BCUT2D eigenvalue weighted by atomic mass is 10.00. The van der Waals surface area contributed by atoms with Gasteiger partial charge in [-0.25, -0.2) is 4.79 Å². The van der Waals surface area contributed by atoms with E-state index in [1.807, 2.05) is 6.07 Å². The first-order valence-electron chi connectivity index (χ1n) is 9.41. The highest BCUT2D eigenvalue weighted by molar-refractivity contribution is 7.14. The number of benzene rings is 1. The predicted octanol–water partition coefficient (Wildman–Crippen LogP) is 4.22. The van der Waals surface area contributed by atoms with Gasteiger partial charge < -0.3 is 19.5 Å². The Kier molecular flexibility index (Phi) is 6.92. The minimum absolute atomic E-state index is 0.359. The highest BCUT2D eigenvalue weighted by atomic mass is 32.1. The number of hydrogen-bond donors (Lipinski definition) is 1. The number of ether oxygens (including phenoxy) is 3. The van der Waals surface area contributed by atoms with E-state index in [1.54, 1.807) is 25.3 Å². The van der Waals surface area contributed by atoms with E-state index >= 15 is 0 Å². The Labute approximate surface area is 168 Å². The van der Waals surface area contributed by atoms with Crippen LogP contribution in [-0.4, -0.2) is 32.7 Å². The Morgan fingerprint density at radius 2 is 1.82 bits per heavy atom. The van der Waals surface area contributed by atoms with Crippen LogP contribution in [0.2, 0.25) is 0 Å². The highest BCUT2D eigenvalue weighted by Crippen LogP contribution is 2.30. The summed E-state index contributed by atoms with van der Waals surface area (Å²) in [5.41, 5.74) is 1.71. The van der Waals surface area contributed by atoms with Crippen LogP contribution in [-0.2, 0) is 22.4 Å². The van der Waals surface area contributed by atoms with Crippen molar-refractivity contribution < 1.29 is 23.8 Å². The average molecular weight is 404 g/mol. The number of fused-ring (bicyclic) bond motifs is 1. The number of thiophene rings is 1. The smallest absolute Gasteiger partial charge is 0.348 e. The molecule has 2 aromatic rings. The first-order valence-corrected chi connectivity index (χ1v) is 10.2. The Balaban J connectivity index is 1.59. The molecule has 0 unspecified atom stereocenters. The van der Waals surface area contributed by atoms with Crippen LogP contribution in [0.1, 0.15) is 45.8 Å². The summed E-state index contributed by atoms with van der Waals surface area (Å²) < 4.78 is 15.6. The summed E-state index contributed by atoms with van der Waals surface area (Å²) in [5, 5.41) is 2.69. The van der Waals surface area contributed by atoms with Crippen LogP contribution in [0.25, 0.3) is 0 Å². The maximum absolute atomic E-state index is 12.4. The van der Waals surface area contributed by atoms with Crippen molar-refractivity contribution in [3.8, 4) is 11.5 Å². The first-order chi connectivity index (χ1) is 13.6. The van der Waals surface area contributed by atoms with Gasteiger partial charge in [-0.2, -0.15) is 0 Å². The zero-order valence-electron chi connectivity index (χ0n) is 16.2. The lowest BCUT2D eigenvalue weighted by Gasteiger charge is -2.11. The van der Waals surface area contributed by atoms with E-state index < -0.39 is 11.9 Å². The molecule has 1 amide bonds. The average Bonchev–Trinajstić information content (AvgIpc) is 3.08. The summed E-state index contributed by atoms with van der Waals surface area (Å²) in [6.07, 6.45) is 6.82. The van der Waals surface area contributed by atoms with E-state index in [1.165, 1.54) is 41.7 Å². The summed E-state index contributed by atoms with van der Waals surface area (Å²) in [6.45, 7) is -0.359. The molecule has 6 nitrogen and oxygen atoms in total. The maximum atomic E-state index is 12.4. The van der Waals surface area contributed by atoms with Gasteiger partial charge in [0, 0.05) is 10.9 Å². The van der Waals surface area contributed by atoms with Gasteiger partial charge in [0.05, 0.1) is 19.9 Å². The number of anilines is 1. The van der Waals surface area contributed by atoms with E-state index in [9.17, 15) is 9.59 Å². The van der Waals surface area contributed by atoms with E-state index in [2.05, 4.69) is 5.32 Å². The van der Waals surface area contributed by atoms with Crippen molar-refractivity contribution >= 4 is 28.9 Å². The molecule has 1 N–H and O–H groups in total. The lowest BCUT2D eigenvalue weighted by Crippen LogP contribution is -2.21. The molecule has 1 aromatic heterocycles. The molecule has 1 aliphatic rings. The molecule has 1 heterocycles. The van der Waals surface area contributed by atoms with Gasteiger partial charge in [-0.15, -0.1) is 11.3 Å². The molecule has 0 aliphatic heterocycles. The molecule has 28 heavy (non-hydrogen) atoms. The first kappa shape index (κ1) is 20.2. The number of esters is 1. The van der Waals surface area contributed by atoms with Crippen molar-refractivity contribution in [1.29, 1.82) is 0 Å². The van der Waals surface area contributed by atoms with Gasteiger partial charge in [0.15, 0.2) is 6.61 Å². The van der Waals surface area contributed by atoms with Crippen LogP contribution >= 0.6 is 11.3 Å². The molecule has 7 heteroatoms. The third kappa shape index (κ3) is 5.04. The fraction of sp³-hybridized carbons (Fsp3) is 0.429. The minimum Gasteiger partial charge on any atom is -0.497 e. The molecule has 0 atom stereocenters. The standard InChI is InChI=1S/C21H25NO5S/c1-25-15-9-10-17(26-2)16(12-15)22-20(23)13-27-21(24)19-11-14-7-5-3-4-6-8-18(14)28-19/h9-12H,3-8,13H2,1-2H3,(H,22,23). The van der Waals surface area contributed by atoms with Crippen LogP contribution in [0.15, 0.2) is 24.3 Å². The second kappa shape index (κ2) is 9.59. The molecule has 1 aromatic carbocycles. The van der Waals surface area contributed by atoms with Crippen LogP contribution in [0.3, 0.4) is 0 Å². The third-order valence-electron chi connectivity index (χ3n) is 4.71. The van der Waals surface area contributed by atoms with Gasteiger partial charge in [0.2, 0.25) is 0 Å². The predicted molar refractivity (Wildman–Crippen MR) is 109 cm³/mol. The Morgan fingerprint density at radius 3 is 2.57 bits per heavy atom. The van der Waals surface area contributed by atoms with E-state index in [0.717, 1.165) is 25.7 Å². The molecule has 0 fully saturated rings. The molecule has 0 radical (unpaired) electrons. The molecular weight excluding hydrogens is 378 g/mol. The van der Waals surface area contributed by atoms with Crippen LogP contribution in [0.4, 0.5) is 5.69 Å². The summed E-state index contributed by atoms with van der Waals surface area (Å²) in [5.74, 6) is 0.196. The molecule has 0 saturated carbocycles. The van der Waals surface area contributed by atoms with Gasteiger partial charge in [0.25, 0.3) is 5.91 Å². The van der Waals surface area contributed by atoms with Gasteiger partial charge in [0.1, 0.15) is 16.4 Å². The van der Waals surface area contributed by atoms with Crippen molar-refractivity contribution in [1.82, 2.24) is 0 Å². The van der Waals surface area contributed by atoms with E-state index in [4.69, 9.17) is 14.2 Å². The van der Waals surface area contributed by atoms with Crippen molar-refractivity contribution in [3.05, 3.63) is 39.6 Å². The largest absolute Gasteiger partial charge is 0.497 e.